The topological polar surface area (TPSA) is 108 Å². The molecular weight excluding hydrogens is 543 g/mol. The van der Waals surface area contributed by atoms with Crippen molar-refractivity contribution in [1.82, 2.24) is 4.72 Å². The molecule has 0 aliphatic heterocycles. The highest BCUT2D eigenvalue weighted by atomic mass is 32.2. The van der Waals surface area contributed by atoms with E-state index in [0.29, 0.717) is 28.0 Å². The number of esters is 1. The Labute approximate surface area is 242 Å². The van der Waals surface area contributed by atoms with E-state index >= 15 is 0 Å². The molecule has 3 aromatic carbocycles. The zero-order valence-corrected chi connectivity index (χ0v) is 24.3. The summed E-state index contributed by atoms with van der Waals surface area (Å²) in [7, 11) is 0. The van der Waals surface area contributed by atoms with Gasteiger partial charge in [-0.25, -0.2) is 4.39 Å². The molecule has 0 spiro atoms. The van der Waals surface area contributed by atoms with E-state index in [0.717, 1.165) is 22.1 Å². The van der Waals surface area contributed by atoms with Gasteiger partial charge in [-0.15, -0.1) is 4.72 Å². The van der Waals surface area contributed by atoms with Crippen molar-refractivity contribution in [3.8, 4) is 22.9 Å². The summed E-state index contributed by atoms with van der Waals surface area (Å²) in [4.78, 5) is 12.1. The standard InChI is InChI=1S/C32H33FN2O5S/c1-5-38-30(36)17-25-10-9-21(19-34)15-29(25)40-20-22-13-26-11-12-39-31(26)27(14-22)23-7-6-8-24(16-23)28(18-33)35-41(37)32(2,3)4/h6-16,28,35H,5,17-18,20H2,1-4H3/t28?,41-/m1/s1. The highest BCUT2D eigenvalue weighted by molar-refractivity contribution is 7.90. The minimum Gasteiger partial charge on any atom is -0.598 e. The fourth-order valence-electron chi connectivity index (χ4n) is 4.29. The molecule has 7 nitrogen and oxygen atoms in total. The highest BCUT2D eigenvalue weighted by Crippen LogP contribution is 2.34. The van der Waals surface area contributed by atoms with Gasteiger partial charge in [0.15, 0.2) is 0 Å². The predicted molar refractivity (Wildman–Crippen MR) is 157 cm³/mol. The third kappa shape index (κ3) is 7.47. The fraction of sp³-hybridized carbons (Fsp3) is 0.312. The number of alkyl halides is 1. The molecule has 0 amide bonds. The minimum absolute atomic E-state index is 0.0253. The maximum Gasteiger partial charge on any atom is 0.310 e. The number of rotatable bonds is 11. The van der Waals surface area contributed by atoms with E-state index in [-0.39, 0.29) is 25.6 Å². The van der Waals surface area contributed by atoms with Crippen molar-refractivity contribution < 1.29 is 27.6 Å². The number of hydrogen-bond donors (Lipinski definition) is 1. The Kier molecular flexibility index (Phi) is 9.71. The number of fused-ring (bicyclic) bond motifs is 1. The van der Waals surface area contributed by atoms with E-state index in [1.807, 2.05) is 57.2 Å². The number of carbonyl (C=O) groups is 1. The molecule has 0 radical (unpaired) electrons. The SMILES string of the molecule is CCOC(=O)Cc1ccc(C#N)cc1OCc1cc(-c2cccc(C(CF)N[S@+]([O-])C(C)(C)C)c2)c2occc2c1. The van der Waals surface area contributed by atoms with Crippen LogP contribution in [-0.2, 0) is 33.9 Å². The summed E-state index contributed by atoms with van der Waals surface area (Å²) in [6, 6.07) is 19.5. The third-order valence-corrected chi connectivity index (χ3v) is 8.01. The van der Waals surface area contributed by atoms with Crippen LogP contribution in [0.5, 0.6) is 5.75 Å². The molecule has 2 atom stereocenters. The average Bonchev–Trinajstić information content (AvgIpc) is 3.43. The Hall–Kier alpha value is -3.84. The largest absolute Gasteiger partial charge is 0.598 e. The molecule has 0 saturated carbocycles. The average molecular weight is 577 g/mol. The summed E-state index contributed by atoms with van der Waals surface area (Å²) in [6.45, 7) is 6.96. The van der Waals surface area contributed by atoms with Crippen LogP contribution in [0.2, 0.25) is 0 Å². The van der Waals surface area contributed by atoms with E-state index in [9.17, 15) is 19.0 Å². The first-order valence-corrected chi connectivity index (χ1v) is 14.4. The van der Waals surface area contributed by atoms with Crippen LogP contribution < -0.4 is 9.46 Å². The molecule has 1 unspecified atom stereocenters. The maximum atomic E-state index is 14.1. The van der Waals surface area contributed by atoms with Gasteiger partial charge in [0.25, 0.3) is 0 Å². The van der Waals surface area contributed by atoms with Crippen molar-refractivity contribution in [2.75, 3.05) is 13.3 Å². The maximum absolute atomic E-state index is 14.1. The number of nitriles is 1. The third-order valence-electron chi connectivity index (χ3n) is 6.40. The second-order valence-corrected chi connectivity index (χ2v) is 12.5. The second kappa shape index (κ2) is 13.2. The Balaban J connectivity index is 1.64. The van der Waals surface area contributed by atoms with Crippen molar-refractivity contribution in [3.63, 3.8) is 0 Å². The molecule has 0 bridgehead atoms. The number of nitrogens with one attached hydrogen (secondary N) is 1. The van der Waals surface area contributed by atoms with Crippen LogP contribution in [-0.4, -0.2) is 28.6 Å². The molecule has 0 fully saturated rings. The quantitative estimate of drug-likeness (QED) is 0.156. The van der Waals surface area contributed by atoms with E-state index in [1.54, 1.807) is 37.5 Å². The molecule has 9 heteroatoms. The normalized spacial score (nSPS) is 13.0. The van der Waals surface area contributed by atoms with E-state index < -0.39 is 28.8 Å². The first-order chi connectivity index (χ1) is 19.6. The smallest absolute Gasteiger partial charge is 0.310 e. The summed E-state index contributed by atoms with van der Waals surface area (Å²) in [6.07, 6.45) is 1.63. The molecule has 0 aliphatic rings. The zero-order valence-electron chi connectivity index (χ0n) is 23.5. The minimum atomic E-state index is -1.44. The molecule has 1 aromatic heterocycles. The summed E-state index contributed by atoms with van der Waals surface area (Å²) in [5.41, 5.74) is 4.80. The monoisotopic (exact) mass is 576 g/mol. The van der Waals surface area contributed by atoms with Gasteiger partial charge in [-0.2, -0.15) is 5.26 Å². The van der Waals surface area contributed by atoms with Gasteiger partial charge >= 0.3 is 5.97 Å². The summed E-state index contributed by atoms with van der Waals surface area (Å²) >= 11 is -1.44. The van der Waals surface area contributed by atoms with Gasteiger partial charge in [0.1, 0.15) is 35.4 Å². The zero-order chi connectivity index (χ0) is 29.6. The molecule has 4 aromatic rings. The molecule has 1 N–H and O–H groups in total. The Morgan fingerprint density at radius 3 is 2.68 bits per heavy atom. The number of hydrogen-bond acceptors (Lipinski definition) is 7. The molecular formula is C32H33FN2O5S. The fourth-order valence-corrected chi connectivity index (χ4v) is 5.10. The van der Waals surface area contributed by atoms with Crippen LogP contribution in [0.15, 0.2) is 71.3 Å². The van der Waals surface area contributed by atoms with Crippen molar-refractivity contribution >= 4 is 28.3 Å². The van der Waals surface area contributed by atoms with Crippen molar-refractivity contribution in [2.24, 2.45) is 0 Å². The second-order valence-electron chi connectivity index (χ2n) is 10.5. The molecule has 41 heavy (non-hydrogen) atoms. The molecule has 4 rings (SSSR count). The predicted octanol–water partition coefficient (Wildman–Crippen LogP) is 6.72. The lowest BCUT2D eigenvalue weighted by Gasteiger charge is -2.27. The van der Waals surface area contributed by atoms with Crippen LogP contribution in [0.1, 0.15) is 56.0 Å². The Bertz CT molecular complexity index is 1560. The first kappa shape index (κ1) is 30.1. The first-order valence-electron chi connectivity index (χ1n) is 13.3. The summed E-state index contributed by atoms with van der Waals surface area (Å²) < 4.78 is 46.1. The highest BCUT2D eigenvalue weighted by Gasteiger charge is 2.30. The van der Waals surface area contributed by atoms with Crippen molar-refractivity contribution in [3.05, 3.63) is 89.2 Å². The number of nitrogens with zero attached hydrogens (tertiary/aromatic N) is 1. The summed E-state index contributed by atoms with van der Waals surface area (Å²) in [5, 5.41) is 10.2. The molecule has 0 saturated heterocycles. The van der Waals surface area contributed by atoms with E-state index in [2.05, 4.69) is 10.8 Å². The Morgan fingerprint density at radius 2 is 1.98 bits per heavy atom. The van der Waals surface area contributed by atoms with Gasteiger partial charge in [0.05, 0.1) is 30.9 Å². The van der Waals surface area contributed by atoms with Gasteiger partial charge < -0.3 is 18.4 Å². The van der Waals surface area contributed by atoms with Crippen LogP contribution in [0.25, 0.3) is 22.1 Å². The Morgan fingerprint density at radius 1 is 1.17 bits per heavy atom. The summed E-state index contributed by atoms with van der Waals surface area (Å²) in [5.74, 6) is 0.0492. The number of ether oxygens (including phenoxy) is 2. The lowest BCUT2D eigenvalue weighted by molar-refractivity contribution is -0.142. The van der Waals surface area contributed by atoms with Crippen LogP contribution in [0.4, 0.5) is 4.39 Å². The number of carbonyl (C=O) groups excluding carboxylic acids is 1. The molecule has 214 valence electrons. The van der Waals surface area contributed by atoms with Gasteiger partial charge in [-0.3, -0.25) is 4.79 Å². The molecule has 0 aliphatic carbocycles. The lowest BCUT2D eigenvalue weighted by Crippen LogP contribution is -2.41. The van der Waals surface area contributed by atoms with Crippen LogP contribution in [0, 0.1) is 11.3 Å². The van der Waals surface area contributed by atoms with Crippen molar-refractivity contribution in [2.45, 2.75) is 51.5 Å². The van der Waals surface area contributed by atoms with E-state index in [1.165, 1.54) is 0 Å². The van der Waals surface area contributed by atoms with Crippen LogP contribution >= 0.6 is 0 Å². The van der Waals surface area contributed by atoms with Crippen LogP contribution in [0.3, 0.4) is 0 Å². The number of halogens is 1. The van der Waals surface area contributed by atoms with E-state index in [4.69, 9.17) is 13.9 Å². The number of furan rings is 1. The lowest BCUT2D eigenvalue weighted by atomic mass is 9.97. The van der Waals surface area contributed by atoms with Gasteiger partial charge in [0, 0.05) is 27.9 Å². The van der Waals surface area contributed by atoms with Gasteiger partial charge in [-0.1, -0.05) is 24.3 Å². The van der Waals surface area contributed by atoms with Crippen molar-refractivity contribution in [1.29, 1.82) is 5.26 Å². The van der Waals surface area contributed by atoms with Gasteiger partial charge in [-0.05, 0) is 80.8 Å². The molecule has 1 heterocycles. The van der Waals surface area contributed by atoms with Gasteiger partial charge in [0.2, 0.25) is 0 Å². The number of benzene rings is 3.